The fourth-order valence-corrected chi connectivity index (χ4v) is 2.90. The van der Waals surface area contributed by atoms with Crippen LogP contribution in [0, 0.1) is 18.2 Å². The zero-order chi connectivity index (χ0) is 36.7. The van der Waals surface area contributed by atoms with Gasteiger partial charge >= 0.3 is 0 Å². The largest absolute Gasteiger partial charge is 0.318 e. The first kappa shape index (κ1) is 51.4. The fraction of sp³-hybridized carbons (Fsp3) is 0.286. The monoisotopic (exact) mass is 838 g/mol. The minimum Gasteiger partial charge on any atom is -0.318 e. The molecular weight excluding hydrogens is 781 g/mol. The van der Waals surface area contributed by atoms with Crippen LogP contribution in [-0.4, -0.2) is 29.9 Å². The van der Waals surface area contributed by atoms with Gasteiger partial charge in [-0.3, -0.25) is 15.0 Å². The Balaban J connectivity index is -0.000000266. The Kier molecular flexibility index (Phi) is 43.6. The van der Waals surface area contributed by atoms with Crippen molar-refractivity contribution in [3.8, 4) is 34.2 Å². The van der Waals surface area contributed by atoms with Gasteiger partial charge in [0, 0.05) is 38.7 Å². The summed E-state index contributed by atoms with van der Waals surface area (Å²) in [6.07, 6.45) is 10.5. The average molecular weight is 838 g/mol. The van der Waals surface area contributed by atoms with E-state index in [0.29, 0.717) is 0 Å². The SMILES string of the molecule is CC.CC.CC.CC.CC.CC.[Ir].[c-]1cccnc1-c1ccccn1.[c-]1cccnc1-c1ccccn1.[c-]1cccnc1-c1ccccn1. The summed E-state index contributed by atoms with van der Waals surface area (Å²) >= 11 is 0. The molecule has 6 nitrogen and oxygen atoms in total. The van der Waals surface area contributed by atoms with Crippen LogP contribution >= 0.6 is 0 Å². The van der Waals surface area contributed by atoms with Crippen LogP contribution in [0.2, 0.25) is 0 Å². The van der Waals surface area contributed by atoms with Crippen LogP contribution in [0.4, 0.5) is 0 Å². The number of hydrogen-bond acceptors (Lipinski definition) is 6. The second kappa shape index (κ2) is 41.6. The van der Waals surface area contributed by atoms with Gasteiger partial charge in [-0.1, -0.05) is 119 Å². The molecule has 0 N–H and O–H groups in total. The van der Waals surface area contributed by atoms with Gasteiger partial charge in [-0.2, -0.15) is 36.4 Å². The van der Waals surface area contributed by atoms with Crippen molar-refractivity contribution in [2.75, 3.05) is 0 Å². The molecule has 0 unspecified atom stereocenters. The molecule has 0 spiro atoms. The second-order valence-corrected chi connectivity index (χ2v) is 7.04. The molecule has 0 aromatic carbocycles. The zero-order valence-corrected chi connectivity index (χ0v) is 34.0. The molecule has 1 radical (unpaired) electrons. The third-order valence-electron chi connectivity index (χ3n) is 4.54. The van der Waals surface area contributed by atoms with Crippen LogP contribution < -0.4 is 0 Å². The van der Waals surface area contributed by atoms with E-state index in [9.17, 15) is 0 Å². The van der Waals surface area contributed by atoms with E-state index >= 15 is 0 Å². The third-order valence-corrected chi connectivity index (χ3v) is 4.54. The predicted octanol–water partition coefficient (Wildman–Crippen LogP) is 12.0. The average Bonchev–Trinajstić information content (AvgIpc) is 3.25. The first-order chi connectivity index (χ1) is 23.9. The molecule has 7 heteroatoms. The number of nitrogens with zero attached hydrogens (tertiary/aromatic N) is 6. The Hall–Kier alpha value is -4.45. The van der Waals surface area contributed by atoms with Crippen molar-refractivity contribution in [3.05, 3.63) is 146 Å². The summed E-state index contributed by atoms with van der Waals surface area (Å²) in [5.74, 6) is 0. The van der Waals surface area contributed by atoms with Crippen molar-refractivity contribution in [1.29, 1.82) is 0 Å². The van der Waals surface area contributed by atoms with E-state index in [1.54, 1.807) is 37.2 Å². The predicted molar refractivity (Wildman–Crippen MR) is 207 cm³/mol. The molecule has 49 heavy (non-hydrogen) atoms. The van der Waals surface area contributed by atoms with Crippen LogP contribution in [0.15, 0.2) is 128 Å². The van der Waals surface area contributed by atoms with Gasteiger partial charge in [0.25, 0.3) is 0 Å². The Morgan fingerprint density at radius 1 is 0.306 bits per heavy atom. The van der Waals surface area contributed by atoms with Crippen LogP contribution in [0.5, 0.6) is 0 Å². The summed E-state index contributed by atoms with van der Waals surface area (Å²) < 4.78 is 0. The Morgan fingerprint density at radius 2 is 0.531 bits per heavy atom. The minimum atomic E-state index is 0. The molecule has 6 rings (SSSR count). The van der Waals surface area contributed by atoms with Crippen LogP contribution in [0.25, 0.3) is 34.2 Å². The number of pyridine rings is 6. The summed E-state index contributed by atoms with van der Waals surface area (Å²) in [6.45, 7) is 24.0. The van der Waals surface area contributed by atoms with E-state index in [4.69, 9.17) is 0 Å². The summed E-state index contributed by atoms with van der Waals surface area (Å²) in [4.78, 5) is 24.9. The molecule has 0 saturated carbocycles. The molecule has 6 aromatic rings. The second-order valence-electron chi connectivity index (χ2n) is 7.04. The van der Waals surface area contributed by atoms with Crippen LogP contribution in [-0.2, 0) is 20.1 Å². The summed E-state index contributed by atoms with van der Waals surface area (Å²) in [7, 11) is 0. The van der Waals surface area contributed by atoms with E-state index in [1.165, 1.54) is 0 Å². The van der Waals surface area contributed by atoms with Crippen LogP contribution in [0.3, 0.4) is 0 Å². The molecular formula is C42H57IrN6-3. The molecule has 0 fully saturated rings. The van der Waals surface area contributed by atoms with Gasteiger partial charge in [-0.25, -0.2) is 0 Å². The number of hydrogen-bond donors (Lipinski definition) is 0. The fourth-order valence-electron chi connectivity index (χ4n) is 2.90. The smallest absolute Gasteiger partial charge is 0.0125 e. The first-order valence-corrected chi connectivity index (χ1v) is 17.1. The molecule has 0 bridgehead atoms. The van der Waals surface area contributed by atoms with E-state index in [-0.39, 0.29) is 20.1 Å². The molecule has 0 atom stereocenters. The quantitative estimate of drug-likeness (QED) is 0.165. The van der Waals surface area contributed by atoms with Crippen molar-refractivity contribution in [2.24, 2.45) is 0 Å². The first-order valence-electron chi connectivity index (χ1n) is 17.1. The van der Waals surface area contributed by atoms with Crippen molar-refractivity contribution in [1.82, 2.24) is 29.9 Å². The van der Waals surface area contributed by atoms with Gasteiger partial charge in [-0.05, 0) is 71.0 Å². The topological polar surface area (TPSA) is 77.3 Å². The standard InChI is InChI=1S/3C10H7N2.6C2H6.Ir/c3*1-3-7-11-9(5-1)10-6-2-4-8-12-10;6*1-2;/h3*1-5,7-8H;6*1-2H3;/q3*-1;;;;;;;. The van der Waals surface area contributed by atoms with Gasteiger partial charge in [0.1, 0.15) is 0 Å². The summed E-state index contributed by atoms with van der Waals surface area (Å²) in [5, 5.41) is 0. The van der Waals surface area contributed by atoms with Gasteiger partial charge < -0.3 is 15.0 Å². The third kappa shape index (κ3) is 24.4. The van der Waals surface area contributed by atoms with E-state index < -0.39 is 0 Å². The zero-order valence-electron chi connectivity index (χ0n) is 31.6. The molecule has 0 saturated heterocycles. The molecule has 6 heterocycles. The molecule has 0 aliphatic heterocycles. The maximum atomic E-state index is 4.16. The van der Waals surface area contributed by atoms with Crippen molar-refractivity contribution in [3.63, 3.8) is 0 Å². The van der Waals surface area contributed by atoms with E-state index in [0.717, 1.165) is 34.2 Å². The van der Waals surface area contributed by atoms with E-state index in [2.05, 4.69) is 48.1 Å². The van der Waals surface area contributed by atoms with Crippen molar-refractivity contribution < 1.29 is 20.1 Å². The Morgan fingerprint density at radius 3 is 0.694 bits per heavy atom. The van der Waals surface area contributed by atoms with Crippen molar-refractivity contribution in [2.45, 2.75) is 83.1 Å². The molecule has 267 valence electrons. The maximum Gasteiger partial charge on any atom is 0.0125 e. The number of aromatic nitrogens is 6. The molecule has 0 amide bonds. The van der Waals surface area contributed by atoms with Gasteiger partial charge in [0.05, 0.1) is 0 Å². The maximum absolute atomic E-state index is 4.16. The Bertz CT molecular complexity index is 1100. The number of rotatable bonds is 3. The summed E-state index contributed by atoms with van der Waals surface area (Å²) in [5.41, 5.74) is 4.95. The minimum absolute atomic E-state index is 0. The molecule has 0 aliphatic carbocycles. The van der Waals surface area contributed by atoms with Crippen molar-refractivity contribution >= 4 is 0 Å². The summed E-state index contributed by atoms with van der Waals surface area (Å²) in [6, 6.07) is 37.2. The van der Waals surface area contributed by atoms with E-state index in [1.807, 2.05) is 174 Å². The molecule has 6 aromatic heterocycles. The normalized spacial score (nSPS) is 7.84. The van der Waals surface area contributed by atoms with Gasteiger partial charge in [-0.15, -0.1) is 18.2 Å². The Labute approximate surface area is 312 Å². The van der Waals surface area contributed by atoms with Gasteiger partial charge in [0.15, 0.2) is 0 Å². The molecule has 0 aliphatic rings. The van der Waals surface area contributed by atoms with Crippen LogP contribution in [0.1, 0.15) is 83.1 Å². The van der Waals surface area contributed by atoms with Gasteiger partial charge in [0.2, 0.25) is 0 Å².